The van der Waals surface area contributed by atoms with Crippen molar-refractivity contribution in [3.8, 4) is 0 Å². The van der Waals surface area contributed by atoms with E-state index in [9.17, 15) is 9.59 Å². The van der Waals surface area contributed by atoms with E-state index in [4.69, 9.17) is 4.74 Å². The fourth-order valence-electron chi connectivity index (χ4n) is 3.47. The van der Waals surface area contributed by atoms with Crippen LogP contribution in [0.5, 0.6) is 0 Å². The number of esters is 1. The van der Waals surface area contributed by atoms with Gasteiger partial charge in [0.1, 0.15) is 6.54 Å². The molecule has 8 heteroatoms. The predicted molar refractivity (Wildman–Crippen MR) is 97.6 cm³/mol. The van der Waals surface area contributed by atoms with Gasteiger partial charge in [-0.05, 0) is 25.0 Å². The number of carbonyl (C=O) groups is 2. The largest absolute Gasteiger partial charge is 0.468 e. The molecule has 0 saturated carbocycles. The number of amides is 2. The van der Waals surface area contributed by atoms with E-state index in [1.54, 1.807) is 17.4 Å². The van der Waals surface area contributed by atoms with Crippen LogP contribution in [-0.2, 0) is 9.53 Å². The highest BCUT2D eigenvalue weighted by Crippen LogP contribution is 2.18. The summed E-state index contributed by atoms with van der Waals surface area (Å²) < 4.78 is 4.79. The van der Waals surface area contributed by atoms with E-state index >= 15 is 0 Å². The number of pyridine rings is 1. The number of aromatic nitrogens is 1. The Morgan fingerprint density at radius 3 is 2.31 bits per heavy atom. The van der Waals surface area contributed by atoms with Crippen LogP contribution in [0.2, 0.25) is 0 Å². The summed E-state index contributed by atoms with van der Waals surface area (Å²) in [4.78, 5) is 33.0. The number of carbonyl (C=O) groups excluding carboxylic acids is 2. The Balaban J connectivity index is 1.62. The van der Waals surface area contributed by atoms with Gasteiger partial charge in [-0.15, -0.1) is 0 Å². The van der Waals surface area contributed by atoms with Crippen LogP contribution in [0.15, 0.2) is 24.5 Å². The molecule has 0 atom stereocenters. The van der Waals surface area contributed by atoms with Crippen LogP contribution in [0.1, 0.15) is 19.3 Å². The lowest BCUT2D eigenvalue weighted by Gasteiger charge is -2.42. The van der Waals surface area contributed by atoms with Gasteiger partial charge >= 0.3 is 12.0 Å². The van der Waals surface area contributed by atoms with E-state index in [-0.39, 0.29) is 18.5 Å². The van der Waals surface area contributed by atoms with Crippen molar-refractivity contribution in [1.82, 2.24) is 19.9 Å². The Hall–Kier alpha value is -2.35. The Labute approximate surface area is 154 Å². The molecule has 0 bridgehead atoms. The Morgan fingerprint density at radius 1 is 1.04 bits per heavy atom. The maximum atomic E-state index is 13.1. The molecule has 0 aliphatic carbocycles. The summed E-state index contributed by atoms with van der Waals surface area (Å²) in [5, 5.41) is 3.57. The average molecular weight is 361 g/mol. The molecule has 2 aliphatic rings. The van der Waals surface area contributed by atoms with Crippen molar-refractivity contribution < 1.29 is 14.3 Å². The summed E-state index contributed by atoms with van der Waals surface area (Å²) in [5.74, 6) is -0.389. The minimum atomic E-state index is -0.389. The molecular formula is C18H27N5O3. The molecule has 0 radical (unpaired) electrons. The van der Waals surface area contributed by atoms with Crippen LogP contribution >= 0.6 is 0 Å². The summed E-state index contributed by atoms with van der Waals surface area (Å²) in [6, 6.07) is 3.86. The van der Waals surface area contributed by atoms with Gasteiger partial charge in [-0.1, -0.05) is 6.42 Å². The van der Waals surface area contributed by atoms with Gasteiger partial charge in [0.2, 0.25) is 0 Å². The van der Waals surface area contributed by atoms with Gasteiger partial charge < -0.3 is 14.5 Å². The molecule has 2 amide bonds. The van der Waals surface area contributed by atoms with Gasteiger partial charge in [0, 0.05) is 57.3 Å². The summed E-state index contributed by atoms with van der Waals surface area (Å²) in [6.45, 7) is 4.38. The fraction of sp³-hybridized carbons (Fsp3) is 0.611. The van der Waals surface area contributed by atoms with E-state index in [0.29, 0.717) is 13.1 Å². The number of hydrogen-bond acceptors (Lipinski definition) is 6. The van der Waals surface area contributed by atoms with Crippen molar-refractivity contribution >= 4 is 17.7 Å². The number of rotatable bonds is 4. The molecule has 3 heterocycles. The lowest BCUT2D eigenvalue weighted by atomic mass is 10.2. The molecule has 26 heavy (non-hydrogen) atoms. The summed E-state index contributed by atoms with van der Waals surface area (Å²) in [6.07, 6.45) is 6.81. The molecule has 2 saturated heterocycles. The Morgan fingerprint density at radius 2 is 1.69 bits per heavy atom. The Kier molecular flexibility index (Phi) is 6.27. The molecule has 8 nitrogen and oxygen atoms in total. The minimum absolute atomic E-state index is 0.0279. The third-order valence-electron chi connectivity index (χ3n) is 4.98. The number of methoxy groups -OCH3 is 1. The first-order valence-electron chi connectivity index (χ1n) is 9.22. The zero-order valence-corrected chi connectivity index (χ0v) is 15.3. The first-order chi connectivity index (χ1) is 12.7. The molecule has 3 rings (SSSR count). The normalized spacial score (nSPS) is 18.5. The molecule has 2 fully saturated rings. The number of piperidine rings is 1. The molecule has 0 spiro atoms. The second-order valence-corrected chi connectivity index (χ2v) is 6.61. The molecule has 0 unspecified atom stereocenters. The molecule has 1 aromatic heterocycles. The SMILES string of the molecule is COC(=O)CN(C(=O)N1CCN(c2ccncc2)CC1)N1CCCCC1. The van der Waals surface area contributed by atoms with Gasteiger partial charge in [-0.2, -0.15) is 0 Å². The standard InChI is InChI=1S/C18H27N5O3/c1-26-17(24)15-23(22-9-3-2-4-10-22)18(25)21-13-11-20(12-14-21)16-5-7-19-8-6-16/h5-8H,2-4,9-15H2,1H3. The number of anilines is 1. The molecule has 2 aliphatic heterocycles. The number of nitrogens with zero attached hydrogens (tertiary/aromatic N) is 5. The van der Waals surface area contributed by atoms with Crippen LogP contribution in [0.25, 0.3) is 0 Å². The van der Waals surface area contributed by atoms with Gasteiger partial charge in [0.15, 0.2) is 0 Å². The zero-order chi connectivity index (χ0) is 18.4. The van der Waals surface area contributed by atoms with Crippen molar-refractivity contribution in [3.05, 3.63) is 24.5 Å². The maximum Gasteiger partial charge on any atom is 0.335 e. The number of ether oxygens (including phenoxy) is 1. The van der Waals surface area contributed by atoms with Crippen LogP contribution in [0, 0.1) is 0 Å². The minimum Gasteiger partial charge on any atom is -0.468 e. The molecule has 0 aromatic carbocycles. The maximum absolute atomic E-state index is 13.1. The summed E-state index contributed by atoms with van der Waals surface area (Å²) in [5.41, 5.74) is 1.12. The number of hydrogen-bond donors (Lipinski definition) is 0. The first kappa shape index (κ1) is 18.4. The molecular weight excluding hydrogens is 334 g/mol. The van der Waals surface area contributed by atoms with E-state index in [2.05, 4.69) is 9.88 Å². The lowest BCUT2D eigenvalue weighted by molar-refractivity contribution is -0.146. The van der Waals surface area contributed by atoms with Crippen LogP contribution in [0.4, 0.5) is 10.5 Å². The van der Waals surface area contributed by atoms with Crippen molar-refractivity contribution in [2.45, 2.75) is 19.3 Å². The highest BCUT2D eigenvalue weighted by Gasteiger charge is 2.31. The second-order valence-electron chi connectivity index (χ2n) is 6.61. The lowest BCUT2D eigenvalue weighted by Crippen LogP contribution is -2.59. The predicted octanol–water partition coefficient (Wildman–Crippen LogP) is 1.20. The highest BCUT2D eigenvalue weighted by molar-refractivity contribution is 5.80. The van der Waals surface area contributed by atoms with Crippen LogP contribution in [0.3, 0.4) is 0 Å². The van der Waals surface area contributed by atoms with Crippen molar-refractivity contribution in [1.29, 1.82) is 0 Å². The quantitative estimate of drug-likeness (QED) is 0.751. The van der Waals surface area contributed by atoms with Crippen LogP contribution < -0.4 is 4.90 Å². The Bertz CT molecular complexity index is 598. The summed E-state index contributed by atoms with van der Waals surface area (Å²) >= 11 is 0. The zero-order valence-electron chi connectivity index (χ0n) is 15.3. The second kappa shape index (κ2) is 8.84. The van der Waals surface area contributed by atoms with Gasteiger partial charge in [0.05, 0.1) is 7.11 Å². The van der Waals surface area contributed by atoms with Gasteiger partial charge in [-0.3, -0.25) is 9.78 Å². The van der Waals surface area contributed by atoms with Crippen molar-refractivity contribution in [2.24, 2.45) is 0 Å². The van der Waals surface area contributed by atoms with E-state index < -0.39 is 0 Å². The fourth-order valence-corrected chi connectivity index (χ4v) is 3.47. The van der Waals surface area contributed by atoms with Gasteiger partial charge in [0.25, 0.3) is 0 Å². The van der Waals surface area contributed by atoms with Crippen molar-refractivity contribution in [3.63, 3.8) is 0 Å². The number of hydrazine groups is 1. The monoisotopic (exact) mass is 361 g/mol. The molecule has 0 N–H and O–H groups in total. The highest BCUT2D eigenvalue weighted by atomic mass is 16.5. The third kappa shape index (κ3) is 4.43. The summed E-state index contributed by atoms with van der Waals surface area (Å²) in [7, 11) is 1.36. The number of piperazine rings is 1. The van der Waals surface area contributed by atoms with Gasteiger partial charge in [-0.25, -0.2) is 14.8 Å². The number of urea groups is 1. The van der Waals surface area contributed by atoms with E-state index in [0.717, 1.165) is 44.7 Å². The molecule has 1 aromatic rings. The average Bonchev–Trinajstić information content (AvgIpc) is 2.72. The smallest absolute Gasteiger partial charge is 0.335 e. The topological polar surface area (TPSA) is 69.2 Å². The first-order valence-corrected chi connectivity index (χ1v) is 9.22. The van der Waals surface area contributed by atoms with E-state index in [1.165, 1.54) is 13.5 Å². The van der Waals surface area contributed by atoms with E-state index in [1.807, 2.05) is 22.0 Å². The van der Waals surface area contributed by atoms with Crippen LogP contribution in [-0.4, -0.2) is 84.8 Å². The van der Waals surface area contributed by atoms with Crippen molar-refractivity contribution in [2.75, 3.05) is 57.8 Å². The third-order valence-corrected chi connectivity index (χ3v) is 4.98. The molecule has 142 valence electrons.